The lowest BCUT2D eigenvalue weighted by Gasteiger charge is -2.19. The van der Waals surface area contributed by atoms with Crippen LogP contribution >= 0.6 is 15.9 Å². The summed E-state index contributed by atoms with van der Waals surface area (Å²) in [6.45, 7) is 2.22. The summed E-state index contributed by atoms with van der Waals surface area (Å²) in [6.07, 6.45) is 2.46. The lowest BCUT2D eigenvalue weighted by molar-refractivity contribution is 0.671. The molecule has 0 aliphatic carbocycles. The van der Waals surface area contributed by atoms with Crippen molar-refractivity contribution in [1.29, 1.82) is 0 Å². The van der Waals surface area contributed by atoms with E-state index in [1.54, 1.807) is 0 Å². The molecule has 0 saturated carbocycles. The van der Waals surface area contributed by atoms with Crippen LogP contribution in [0.2, 0.25) is 0 Å². The van der Waals surface area contributed by atoms with E-state index in [0.717, 1.165) is 17.6 Å². The van der Waals surface area contributed by atoms with Crippen LogP contribution in [0.4, 0.5) is 5.69 Å². The quantitative estimate of drug-likeness (QED) is 0.800. The first-order valence-electron chi connectivity index (χ1n) is 5.35. The zero-order chi connectivity index (χ0) is 11.1. The van der Waals surface area contributed by atoms with E-state index in [0.29, 0.717) is 0 Å². The molecular formula is C12H19BrN2. The van der Waals surface area contributed by atoms with Gasteiger partial charge in [0.15, 0.2) is 0 Å². The Morgan fingerprint density at radius 1 is 1.20 bits per heavy atom. The average molecular weight is 271 g/mol. The number of unbranched alkanes of at least 4 members (excludes halogenated alkanes) is 1. The summed E-state index contributed by atoms with van der Waals surface area (Å²) >= 11 is 3.44. The Balaban J connectivity index is 2.33. The predicted octanol–water partition coefficient (Wildman–Crippen LogP) is 2.88. The van der Waals surface area contributed by atoms with Gasteiger partial charge in [-0.25, -0.2) is 0 Å². The second-order valence-electron chi connectivity index (χ2n) is 3.71. The second-order valence-corrected chi connectivity index (χ2v) is 4.62. The fraction of sp³-hybridized carbons (Fsp3) is 0.500. The van der Waals surface area contributed by atoms with Gasteiger partial charge in [-0.15, -0.1) is 0 Å². The van der Waals surface area contributed by atoms with Crippen molar-refractivity contribution in [2.45, 2.75) is 12.8 Å². The van der Waals surface area contributed by atoms with Crippen LogP contribution < -0.4 is 10.2 Å². The van der Waals surface area contributed by atoms with E-state index in [-0.39, 0.29) is 0 Å². The highest BCUT2D eigenvalue weighted by Gasteiger charge is 1.99. The Kier molecular flexibility index (Phi) is 5.73. The lowest BCUT2D eigenvalue weighted by atomic mass is 10.2. The maximum Gasteiger partial charge on any atom is 0.0364 e. The van der Waals surface area contributed by atoms with Gasteiger partial charge in [-0.3, -0.25) is 0 Å². The topological polar surface area (TPSA) is 15.3 Å². The smallest absolute Gasteiger partial charge is 0.0364 e. The summed E-state index contributed by atoms with van der Waals surface area (Å²) in [5, 5.41) is 3.16. The van der Waals surface area contributed by atoms with Crippen LogP contribution in [0.5, 0.6) is 0 Å². The van der Waals surface area contributed by atoms with Crippen molar-refractivity contribution in [2.75, 3.05) is 32.1 Å². The van der Waals surface area contributed by atoms with Crippen LogP contribution in [-0.4, -0.2) is 27.2 Å². The minimum Gasteiger partial charge on any atom is -0.375 e. The molecule has 3 heteroatoms. The van der Waals surface area contributed by atoms with Crippen molar-refractivity contribution in [3.05, 3.63) is 28.7 Å². The lowest BCUT2D eigenvalue weighted by Crippen LogP contribution is -2.19. The summed E-state index contributed by atoms with van der Waals surface area (Å²) in [4.78, 5) is 2.29. The van der Waals surface area contributed by atoms with Gasteiger partial charge in [-0.1, -0.05) is 15.9 Å². The summed E-state index contributed by atoms with van der Waals surface area (Å²) in [5.41, 5.74) is 1.28. The molecule has 0 saturated heterocycles. The third-order valence-electron chi connectivity index (χ3n) is 2.44. The van der Waals surface area contributed by atoms with Crippen LogP contribution in [-0.2, 0) is 0 Å². The van der Waals surface area contributed by atoms with E-state index in [9.17, 15) is 0 Å². The SMILES string of the molecule is CNCCCCN(C)c1ccc(Br)cc1. The normalized spacial score (nSPS) is 10.3. The van der Waals surface area contributed by atoms with Gasteiger partial charge < -0.3 is 10.2 Å². The highest BCUT2D eigenvalue weighted by Crippen LogP contribution is 2.17. The van der Waals surface area contributed by atoms with Gasteiger partial charge in [-0.2, -0.15) is 0 Å². The van der Waals surface area contributed by atoms with Crippen molar-refractivity contribution in [1.82, 2.24) is 5.32 Å². The zero-order valence-corrected chi connectivity index (χ0v) is 11.0. The third kappa shape index (κ3) is 4.67. The van der Waals surface area contributed by atoms with Gasteiger partial charge in [0, 0.05) is 23.8 Å². The van der Waals surface area contributed by atoms with Gasteiger partial charge >= 0.3 is 0 Å². The van der Waals surface area contributed by atoms with Gasteiger partial charge in [0.05, 0.1) is 0 Å². The molecule has 0 aliphatic rings. The molecule has 0 fully saturated rings. The molecule has 1 rings (SSSR count). The average Bonchev–Trinajstić information content (AvgIpc) is 2.25. The van der Waals surface area contributed by atoms with Gasteiger partial charge in [-0.05, 0) is 50.7 Å². The molecule has 15 heavy (non-hydrogen) atoms. The molecule has 0 aliphatic heterocycles. The number of hydrogen-bond donors (Lipinski definition) is 1. The number of hydrogen-bond acceptors (Lipinski definition) is 2. The van der Waals surface area contributed by atoms with Gasteiger partial charge in [0.25, 0.3) is 0 Å². The maximum atomic E-state index is 3.44. The number of nitrogens with zero attached hydrogens (tertiary/aromatic N) is 1. The zero-order valence-electron chi connectivity index (χ0n) is 9.46. The van der Waals surface area contributed by atoms with Crippen LogP contribution in [0.1, 0.15) is 12.8 Å². The summed E-state index contributed by atoms with van der Waals surface area (Å²) in [5.74, 6) is 0. The number of nitrogens with one attached hydrogen (secondary N) is 1. The second kappa shape index (κ2) is 6.85. The number of halogens is 1. The fourth-order valence-electron chi connectivity index (χ4n) is 1.48. The van der Waals surface area contributed by atoms with Crippen LogP contribution in [0.15, 0.2) is 28.7 Å². The summed E-state index contributed by atoms with van der Waals surface area (Å²) < 4.78 is 1.13. The number of benzene rings is 1. The largest absolute Gasteiger partial charge is 0.375 e. The van der Waals surface area contributed by atoms with E-state index < -0.39 is 0 Å². The van der Waals surface area contributed by atoms with Crippen molar-refractivity contribution in [3.8, 4) is 0 Å². The number of rotatable bonds is 6. The molecule has 0 bridgehead atoms. The van der Waals surface area contributed by atoms with Crippen molar-refractivity contribution < 1.29 is 0 Å². The van der Waals surface area contributed by atoms with E-state index in [2.05, 4.69) is 57.5 Å². The first-order chi connectivity index (χ1) is 7.24. The monoisotopic (exact) mass is 270 g/mol. The molecule has 0 spiro atoms. The molecule has 0 heterocycles. The standard InChI is InChI=1S/C12H19BrN2/c1-14-9-3-4-10-15(2)12-7-5-11(13)6-8-12/h5-8,14H,3-4,9-10H2,1-2H3. The van der Waals surface area contributed by atoms with Crippen molar-refractivity contribution in [2.24, 2.45) is 0 Å². The molecule has 0 radical (unpaired) electrons. The van der Waals surface area contributed by atoms with Crippen molar-refractivity contribution >= 4 is 21.6 Å². The minimum absolute atomic E-state index is 1.11. The minimum atomic E-state index is 1.11. The molecule has 1 aromatic rings. The van der Waals surface area contributed by atoms with E-state index >= 15 is 0 Å². The molecular weight excluding hydrogens is 252 g/mol. The highest BCUT2D eigenvalue weighted by molar-refractivity contribution is 9.10. The van der Waals surface area contributed by atoms with Crippen LogP contribution in [0.3, 0.4) is 0 Å². The summed E-state index contributed by atoms with van der Waals surface area (Å²) in [7, 11) is 4.14. The Labute approximate surface area is 101 Å². The predicted molar refractivity (Wildman–Crippen MR) is 70.6 cm³/mol. The van der Waals surface area contributed by atoms with Crippen molar-refractivity contribution in [3.63, 3.8) is 0 Å². The molecule has 2 nitrogen and oxygen atoms in total. The molecule has 84 valence electrons. The molecule has 1 N–H and O–H groups in total. The first-order valence-corrected chi connectivity index (χ1v) is 6.14. The van der Waals surface area contributed by atoms with Crippen LogP contribution in [0, 0.1) is 0 Å². The van der Waals surface area contributed by atoms with Gasteiger partial charge in [0.2, 0.25) is 0 Å². The van der Waals surface area contributed by atoms with Gasteiger partial charge in [0.1, 0.15) is 0 Å². The Hall–Kier alpha value is -0.540. The highest BCUT2D eigenvalue weighted by atomic mass is 79.9. The first kappa shape index (κ1) is 12.5. The molecule has 0 amide bonds. The third-order valence-corrected chi connectivity index (χ3v) is 2.97. The Morgan fingerprint density at radius 3 is 2.47 bits per heavy atom. The van der Waals surface area contributed by atoms with E-state index in [1.807, 2.05) is 7.05 Å². The number of anilines is 1. The van der Waals surface area contributed by atoms with Crippen LogP contribution in [0.25, 0.3) is 0 Å². The Morgan fingerprint density at radius 2 is 1.87 bits per heavy atom. The van der Waals surface area contributed by atoms with E-state index in [1.165, 1.54) is 18.5 Å². The van der Waals surface area contributed by atoms with E-state index in [4.69, 9.17) is 0 Å². The molecule has 0 atom stereocenters. The molecule has 0 aromatic heterocycles. The Bertz CT molecular complexity index is 271. The fourth-order valence-corrected chi connectivity index (χ4v) is 1.74. The molecule has 0 unspecified atom stereocenters. The maximum absolute atomic E-state index is 3.44. The summed E-state index contributed by atoms with van der Waals surface area (Å²) in [6, 6.07) is 8.45. The molecule has 1 aromatic carbocycles.